The van der Waals surface area contributed by atoms with Crippen molar-refractivity contribution in [2.24, 2.45) is 0 Å². The second-order valence-electron chi connectivity index (χ2n) is 7.78. The number of nitrogens with one attached hydrogen (secondary N) is 1. The van der Waals surface area contributed by atoms with E-state index in [1.54, 1.807) is 19.1 Å². The van der Waals surface area contributed by atoms with Crippen LogP contribution in [-0.2, 0) is 11.2 Å². The Morgan fingerprint density at radius 1 is 1.15 bits per heavy atom. The highest BCUT2D eigenvalue weighted by atomic mass is 16.5. The van der Waals surface area contributed by atoms with E-state index in [1.807, 2.05) is 43.3 Å². The third-order valence-electron chi connectivity index (χ3n) is 5.82. The maximum absolute atomic E-state index is 12.9. The summed E-state index contributed by atoms with van der Waals surface area (Å²) in [6, 6.07) is 15.0. The molecule has 8 heteroatoms. The van der Waals surface area contributed by atoms with Crippen molar-refractivity contribution in [2.75, 3.05) is 27.4 Å². The average Bonchev–Trinajstić information content (AvgIpc) is 3.33. The van der Waals surface area contributed by atoms with Gasteiger partial charge in [-0.15, -0.1) is 0 Å². The molecule has 1 aliphatic rings. The first-order chi connectivity index (χ1) is 16.0. The van der Waals surface area contributed by atoms with Crippen LogP contribution in [0.4, 0.5) is 4.79 Å². The van der Waals surface area contributed by atoms with E-state index in [9.17, 15) is 4.79 Å². The van der Waals surface area contributed by atoms with Gasteiger partial charge in [0, 0.05) is 18.4 Å². The molecule has 1 atom stereocenters. The standard InChI is InChI=1S/C25H28N4O4/c1-5-17-9-11-18(12-10-17)23-27-24(33-28-23)21-16(2)29(13-14-31-3)25(30)26-22(21)19-7-6-8-20(15-19)32-4/h6-12,15,22H,5,13-14H2,1-4H3,(H,26,30). The number of aromatic nitrogens is 2. The highest BCUT2D eigenvalue weighted by Gasteiger charge is 2.35. The lowest BCUT2D eigenvalue weighted by Gasteiger charge is -2.35. The van der Waals surface area contributed by atoms with Crippen LogP contribution in [0.1, 0.15) is 36.9 Å². The van der Waals surface area contributed by atoms with Gasteiger partial charge >= 0.3 is 6.03 Å². The molecule has 4 rings (SSSR count). The second-order valence-corrected chi connectivity index (χ2v) is 7.78. The number of amides is 2. The third-order valence-corrected chi connectivity index (χ3v) is 5.82. The predicted molar refractivity (Wildman–Crippen MR) is 125 cm³/mol. The molecule has 0 bridgehead atoms. The summed E-state index contributed by atoms with van der Waals surface area (Å²) in [5, 5.41) is 7.30. The second kappa shape index (κ2) is 9.87. The van der Waals surface area contributed by atoms with Crippen LogP contribution in [0.5, 0.6) is 5.75 Å². The molecule has 2 aromatic carbocycles. The molecule has 33 heavy (non-hydrogen) atoms. The number of carbonyl (C=O) groups is 1. The van der Waals surface area contributed by atoms with Gasteiger partial charge in [0.25, 0.3) is 5.89 Å². The van der Waals surface area contributed by atoms with Gasteiger partial charge in [0.15, 0.2) is 0 Å². The van der Waals surface area contributed by atoms with Crippen LogP contribution in [0.15, 0.2) is 58.8 Å². The zero-order valence-corrected chi connectivity index (χ0v) is 19.3. The van der Waals surface area contributed by atoms with Crippen molar-refractivity contribution in [1.82, 2.24) is 20.4 Å². The predicted octanol–water partition coefficient (Wildman–Crippen LogP) is 4.45. The Morgan fingerprint density at radius 2 is 1.94 bits per heavy atom. The molecule has 0 spiro atoms. The molecule has 1 aromatic heterocycles. The fourth-order valence-electron chi connectivity index (χ4n) is 3.92. The minimum atomic E-state index is -0.470. The van der Waals surface area contributed by atoms with E-state index < -0.39 is 6.04 Å². The summed E-state index contributed by atoms with van der Waals surface area (Å²) in [5.41, 5.74) is 4.44. The van der Waals surface area contributed by atoms with Crippen LogP contribution >= 0.6 is 0 Å². The molecule has 0 aliphatic carbocycles. The molecule has 1 unspecified atom stereocenters. The van der Waals surface area contributed by atoms with Gasteiger partial charge in [-0.3, -0.25) is 4.90 Å². The first-order valence-electron chi connectivity index (χ1n) is 10.9. The van der Waals surface area contributed by atoms with Crippen molar-refractivity contribution in [3.63, 3.8) is 0 Å². The van der Waals surface area contributed by atoms with Gasteiger partial charge in [-0.05, 0) is 36.6 Å². The molecule has 8 nitrogen and oxygen atoms in total. The lowest BCUT2D eigenvalue weighted by atomic mass is 9.94. The number of nitrogens with zero attached hydrogens (tertiary/aromatic N) is 3. The zero-order valence-electron chi connectivity index (χ0n) is 19.3. The maximum Gasteiger partial charge on any atom is 0.322 e. The van der Waals surface area contributed by atoms with Gasteiger partial charge in [-0.25, -0.2) is 4.79 Å². The number of urea groups is 1. The number of hydrogen-bond donors (Lipinski definition) is 1. The Labute approximate surface area is 193 Å². The summed E-state index contributed by atoms with van der Waals surface area (Å²) in [5.74, 6) is 1.55. The maximum atomic E-state index is 12.9. The smallest absolute Gasteiger partial charge is 0.322 e. The number of ether oxygens (including phenoxy) is 2. The van der Waals surface area contributed by atoms with Crippen LogP contribution in [0.25, 0.3) is 17.0 Å². The van der Waals surface area contributed by atoms with Gasteiger partial charge in [-0.2, -0.15) is 4.98 Å². The largest absolute Gasteiger partial charge is 0.497 e. The van der Waals surface area contributed by atoms with Gasteiger partial charge in [-0.1, -0.05) is 48.5 Å². The lowest BCUT2D eigenvalue weighted by molar-refractivity contribution is 0.158. The van der Waals surface area contributed by atoms with Crippen LogP contribution in [0.3, 0.4) is 0 Å². The monoisotopic (exact) mass is 448 g/mol. The Hall–Kier alpha value is -3.65. The molecule has 2 heterocycles. The molecule has 1 N–H and O–H groups in total. The number of benzene rings is 2. The number of carbonyl (C=O) groups excluding carboxylic acids is 1. The summed E-state index contributed by atoms with van der Waals surface area (Å²) in [7, 11) is 3.22. The van der Waals surface area contributed by atoms with Crippen molar-refractivity contribution < 1.29 is 18.8 Å². The summed E-state index contributed by atoms with van der Waals surface area (Å²) in [4.78, 5) is 19.3. The number of hydrogen-bond acceptors (Lipinski definition) is 6. The summed E-state index contributed by atoms with van der Waals surface area (Å²) < 4.78 is 16.3. The minimum absolute atomic E-state index is 0.212. The molecule has 0 radical (unpaired) electrons. The minimum Gasteiger partial charge on any atom is -0.497 e. The van der Waals surface area contributed by atoms with E-state index in [2.05, 4.69) is 29.5 Å². The topological polar surface area (TPSA) is 89.7 Å². The number of allylic oxidation sites excluding steroid dienone is 1. The molecule has 0 fully saturated rings. The Bertz CT molecular complexity index is 1150. The van der Waals surface area contributed by atoms with Crippen molar-refractivity contribution in [1.29, 1.82) is 0 Å². The highest BCUT2D eigenvalue weighted by Crippen LogP contribution is 2.38. The van der Waals surface area contributed by atoms with Crippen molar-refractivity contribution >= 4 is 11.6 Å². The van der Waals surface area contributed by atoms with E-state index in [0.717, 1.165) is 28.8 Å². The van der Waals surface area contributed by atoms with Crippen LogP contribution < -0.4 is 10.1 Å². The number of methoxy groups -OCH3 is 2. The van der Waals surface area contributed by atoms with Crippen LogP contribution in [-0.4, -0.2) is 48.4 Å². The Morgan fingerprint density at radius 3 is 2.64 bits per heavy atom. The van der Waals surface area contributed by atoms with Gasteiger partial charge in [0.05, 0.1) is 31.9 Å². The third kappa shape index (κ3) is 4.61. The average molecular weight is 449 g/mol. The van der Waals surface area contributed by atoms with Crippen molar-refractivity contribution in [2.45, 2.75) is 26.3 Å². The quantitative estimate of drug-likeness (QED) is 0.548. The Balaban J connectivity index is 1.78. The van der Waals surface area contributed by atoms with Crippen molar-refractivity contribution in [3.8, 4) is 17.1 Å². The van der Waals surface area contributed by atoms with E-state index in [1.165, 1.54) is 5.56 Å². The number of aryl methyl sites for hydroxylation is 1. The summed E-state index contributed by atoms with van der Waals surface area (Å²) >= 11 is 0. The zero-order chi connectivity index (χ0) is 23.4. The molecule has 1 aliphatic heterocycles. The van der Waals surface area contributed by atoms with E-state index in [4.69, 9.17) is 19.0 Å². The summed E-state index contributed by atoms with van der Waals surface area (Å²) in [6.07, 6.45) is 0.961. The number of rotatable bonds is 8. The van der Waals surface area contributed by atoms with Gasteiger partial charge < -0.3 is 19.3 Å². The highest BCUT2D eigenvalue weighted by molar-refractivity contribution is 5.87. The van der Waals surface area contributed by atoms with Crippen LogP contribution in [0, 0.1) is 0 Å². The lowest BCUT2D eigenvalue weighted by Crippen LogP contribution is -2.47. The first kappa shape index (κ1) is 22.5. The molecular weight excluding hydrogens is 420 g/mol. The van der Waals surface area contributed by atoms with Gasteiger partial charge in [0.1, 0.15) is 5.75 Å². The first-order valence-corrected chi connectivity index (χ1v) is 10.9. The van der Waals surface area contributed by atoms with E-state index in [0.29, 0.717) is 30.6 Å². The van der Waals surface area contributed by atoms with Gasteiger partial charge in [0.2, 0.25) is 5.82 Å². The SMILES string of the molecule is CCc1ccc(-c2noc(C3=C(C)N(CCOC)C(=O)NC3c3cccc(OC)c3)n2)cc1. The van der Waals surface area contributed by atoms with E-state index in [-0.39, 0.29) is 6.03 Å². The van der Waals surface area contributed by atoms with Crippen molar-refractivity contribution in [3.05, 3.63) is 71.2 Å². The molecule has 172 valence electrons. The molecule has 3 aromatic rings. The fraction of sp³-hybridized carbons (Fsp3) is 0.320. The fourth-order valence-corrected chi connectivity index (χ4v) is 3.92. The molecule has 2 amide bonds. The normalized spacial score (nSPS) is 16.2. The van der Waals surface area contributed by atoms with Crippen LogP contribution in [0.2, 0.25) is 0 Å². The molecular formula is C25H28N4O4. The molecule has 0 saturated carbocycles. The van der Waals surface area contributed by atoms with E-state index >= 15 is 0 Å². The Kier molecular flexibility index (Phi) is 6.74. The summed E-state index contributed by atoms with van der Waals surface area (Å²) in [6.45, 7) is 4.81. The molecule has 0 saturated heterocycles.